The van der Waals surface area contributed by atoms with E-state index >= 15 is 0 Å². The van der Waals surface area contributed by atoms with Gasteiger partial charge in [-0.25, -0.2) is 0 Å². The Balaban J connectivity index is 3.39. The van der Waals surface area contributed by atoms with Crippen molar-refractivity contribution < 1.29 is 9.53 Å². The van der Waals surface area contributed by atoms with Gasteiger partial charge in [-0.2, -0.15) is 0 Å². The standard InChI is InChI=1S/C9H16O2/c1-4-11-9(10)7-5-6-8(2)3/h6H,4-5,7H2,1-3H3. The minimum atomic E-state index is -0.106. The normalized spacial score (nSPS) is 9.00. The molecule has 0 fully saturated rings. The minimum absolute atomic E-state index is 0.106. The van der Waals surface area contributed by atoms with Gasteiger partial charge in [-0.15, -0.1) is 0 Å². The van der Waals surface area contributed by atoms with E-state index in [1.165, 1.54) is 5.57 Å². The molecule has 0 aliphatic heterocycles. The molecule has 0 radical (unpaired) electrons. The number of carbonyl (C=O) groups is 1. The van der Waals surface area contributed by atoms with E-state index in [9.17, 15) is 4.79 Å². The molecule has 0 rings (SSSR count). The zero-order valence-electron chi connectivity index (χ0n) is 7.52. The van der Waals surface area contributed by atoms with Crippen molar-refractivity contribution >= 4 is 5.97 Å². The average Bonchev–Trinajstić information content (AvgIpc) is 1.87. The van der Waals surface area contributed by atoms with Crippen LogP contribution in [0.3, 0.4) is 0 Å². The van der Waals surface area contributed by atoms with Gasteiger partial charge >= 0.3 is 5.97 Å². The Labute approximate surface area is 68.2 Å². The molecule has 0 spiro atoms. The first kappa shape index (κ1) is 10.2. The SMILES string of the molecule is CCOC(=O)CCC=C(C)C. The van der Waals surface area contributed by atoms with E-state index in [-0.39, 0.29) is 5.97 Å². The molecule has 0 aromatic rings. The summed E-state index contributed by atoms with van der Waals surface area (Å²) in [6, 6.07) is 0. The molecule has 0 N–H and O–H groups in total. The fraction of sp³-hybridized carbons (Fsp3) is 0.667. The molecule has 0 atom stereocenters. The van der Waals surface area contributed by atoms with Crippen LogP contribution in [0.25, 0.3) is 0 Å². The molecule has 0 bridgehead atoms. The predicted molar refractivity (Wildman–Crippen MR) is 45.3 cm³/mol. The Morgan fingerprint density at radius 2 is 2.09 bits per heavy atom. The van der Waals surface area contributed by atoms with Gasteiger partial charge in [-0.3, -0.25) is 4.79 Å². The molecule has 2 heteroatoms. The topological polar surface area (TPSA) is 26.3 Å². The highest BCUT2D eigenvalue weighted by molar-refractivity contribution is 5.69. The van der Waals surface area contributed by atoms with Crippen molar-refractivity contribution in [1.29, 1.82) is 0 Å². The van der Waals surface area contributed by atoms with Crippen LogP contribution in [-0.2, 0) is 9.53 Å². The molecule has 0 saturated heterocycles. The summed E-state index contributed by atoms with van der Waals surface area (Å²) in [7, 11) is 0. The Morgan fingerprint density at radius 1 is 1.45 bits per heavy atom. The number of hydrogen-bond donors (Lipinski definition) is 0. The van der Waals surface area contributed by atoms with Crippen LogP contribution in [0.2, 0.25) is 0 Å². The second-order valence-electron chi connectivity index (χ2n) is 2.63. The molecule has 64 valence electrons. The number of esters is 1. The molecule has 0 heterocycles. The number of hydrogen-bond acceptors (Lipinski definition) is 2. The molecule has 11 heavy (non-hydrogen) atoms. The number of rotatable bonds is 4. The summed E-state index contributed by atoms with van der Waals surface area (Å²) in [5.74, 6) is -0.106. The van der Waals surface area contributed by atoms with E-state index in [1.807, 2.05) is 26.8 Å². The highest BCUT2D eigenvalue weighted by Crippen LogP contribution is 1.98. The van der Waals surface area contributed by atoms with Crippen molar-refractivity contribution in [2.24, 2.45) is 0 Å². The highest BCUT2D eigenvalue weighted by atomic mass is 16.5. The smallest absolute Gasteiger partial charge is 0.306 e. The fourth-order valence-corrected chi connectivity index (χ4v) is 0.712. The summed E-state index contributed by atoms with van der Waals surface area (Å²) >= 11 is 0. The molecule has 0 aliphatic carbocycles. The first-order valence-electron chi connectivity index (χ1n) is 3.95. The maximum Gasteiger partial charge on any atom is 0.306 e. The lowest BCUT2D eigenvalue weighted by molar-refractivity contribution is -0.142. The van der Waals surface area contributed by atoms with Crippen LogP contribution in [0, 0.1) is 0 Å². The molecular formula is C9H16O2. The molecular weight excluding hydrogens is 140 g/mol. The van der Waals surface area contributed by atoms with Crippen LogP contribution in [0.15, 0.2) is 11.6 Å². The van der Waals surface area contributed by atoms with E-state index in [0.717, 1.165) is 6.42 Å². The van der Waals surface area contributed by atoms with Gasteiger partial charge in [-0.05, 0) is 27.2 Å². The van der Waals surface area contributed by atoms with Gasteiger partial charge in [0, 0.05) is 6.42 Å². The van der Waals surface area contributed by atoms with Crippen LogP contribution in [0.5, 0.6) is 0 Å². The predicted octanol–water partition coefficient (Wildman–Crippen LogP) is 2.30. The summed E-state index contributed by atoms with van der Waals surface area (Å²) < 4.78 is 4.76. The van der Waals surface area contributed by atoms with Crippen molar-refractivity contribution in [3.05, 3.63) is 11.6 Å². The molecule has 2 nitrogen and oxygen atoms in total. The molecule has 0 saturated carbocycles. The van der Waals surface area contributed by atoms with Crippen LogP contribution < -0.4 is 0 Å². The molecule has 0 aliphatic rings. The van der Waals surface area contributed by atoms with Crippen molar-refractivity contribution in [2.45, 2.75) is 33.6 Å². The maximum atomic E-state index is 10.8. The Hall–Kier alpha value is -0.790. The summed E-state index contributed by atoms with van der Waals surface area (Å²) in [4.78, 5) is 10.8. The molecule has 0 aromatic heterocycles. The minimum Gasteiger partial charge on any atom is -0.466 e. The quantitative estimate of drug-likeness (QED) is 0.461. The van der Waals surface area contributed by atoms with Crippen molar-refractivity contribution in [1.82, 2.24) is 0 Å². The first-order valence-corrected chi connectivity index (χ1v) is 3.95. The van der Waals surface area contributed by atoms with Crippen LogP contribution >= 0.6 is 0 Å². The maximum absolute atomic E-state index is 10.8. The van der Waals surface area contributed by atoms with Gasteiger partial charge in [0.05, 0.1) is 6.61 Å². The third-order valence-corrected chi connectivity index (χ3v) is 1.21. The Kier molecular flexibility index (Phi) is 5.53. The van der Waals surface area contributed by atoms with E-state index < -0.39 is 0 Å². The zero-order valence-corrected chi connectivity index (χ0v) is 7.52. The van der Waals surface area contributed by atoms with E-state index in [2.05, 4.69) is 0 Å². The van der Waals surface area contributed by atoms with E-state index in [0.29, 0.717) is 13.0 Å². The van der Waals surface area contributed by atoms with E-state index in [4.69, 9.17) is 4.74 Å². The summed E-state index contributed by atoms with van der Waals surface area (Å²) in [6.07, 6.45) is 3.33. The molecule has 0 aromatic carbocycles. The van der Waals surface area contributed by atoms with Crippen LogP contribution in [0.4, 0.5) is 0 Å². The summed E-state index contributed by atoms with van der Waals surface area (Å²) in [5.41, 5.74) is 1.24. The van der Waals surface area contributed by atoms with Crippen molar-refractivity contribution in [3.8, 4) is 0 Å². The largest absolute Gasteiger partial charge is 0.466 e. The number of allylic oxidation sites excluding steroid dienone is 2. The first-order chi connectivity index (χ1) is 5.16. The average molecular weight is 156 g/mol. The fourth-order valence-electron chi connectivity index (χ4n) is 0.712. The van der Waals surface area contributed by atoms with Gasteiger partial charge in [0.1, 0.15) is 0 Å². The summed E-state index contributed by atoms with van der Waals surface area (Å²) in [5, 5.41) is 0. The lowest BCUT2D eigenvalue weighted by Gasteiger charge is -1.98. The second-order valence-corrected chi connectivity index (χ2v) is 2.63. The van der Waals surface area contributed by atoms with E-state index in [1.54, 1.807) is 0 Å². The molecule has 0 unspecified atom stereocenters. The lowest BCUT2D eigenvalue weighted by Crippen LogP contribution is -2.02. The Bertz CT molecular complexity index is 144. The molecule has 0 amide bonds. The third-order valence-electron chi connectivity index (χ3n) is 1.21. The zero-order chi connectivity index (χ0) is 8.69. The van der Waals surface area contributed by atoms with Crippen LogP contribution in [-0.4, -0.2) is 12.6 Å². The van der Waals surface area contributed by atoms with Gasteiger partial charge in [-0.1, -0.05) is 11.6 Å². The third kappa shape index (κ3) is 7.10. The van der Waals surface area contributed by atoms with Gasteiger partial charge in [0.2, 0.25) is 0 Å². The lowest BCUT2D eigenvalue weighted by atomic mass is 10.2. The second kappa shape index (κ2) is 5.96. The van der Waals surface area contributed by atoms with Gasteiger partial charge in [0.25, 0.3) is 0 Å². The Morgan fingerprint density at radius 3 is 2.55 bits per heavy atom. The monoisotopic (exact) mass is 156 g/mol. The highest BCUT2D eigenvalue weighted by Gasteiger charge is 1.97. The van der Waals surface area contributed by atoms with Gasteiger partial charge < -0.3 is 4.74 Å². The van der Waals surface area contributed by atoms with Crippen molar-refractivity contribution in [2.75, 3.05) is 6.61 Å². The number of ether oxygens (including phenoxy) is 1. The summed E-state index contributed by atoms with van der Waals surface area (Å²) in [6.45, 7) is 6.34. The van der Waals surface area contributed by atoms with Crippen LogP contribution in [0.1, 0.15) is 33.6 Å². The number of carbonyl (C=O) groups excluding carboxylic acids is 1. The van der Waals surface area contributed by atoms with Gasteiger partial charge in [0.15, 0.2) is 0 Å². The van der Waals surface area contributed by atoms with Crippen molar-refractivity contribution in [3.63, 3.8) is 0 Å².